The lowest BCUT2D eigenvalue weighted by molar-refractivity contribution is 0.419. The van der Waals surface area contributed by atoms with Gasteiger partial charge >= 0.3 is 0 Å². The van der Waals surface area contributed by atoms with Crippen LogP contribution >= 0.6 is 0 Å². The number of benzene rings is 2. The van der Waals surface area contributed by atoms with E-state index in [1.54, 1.807) is 24.3 Å². The van der Waals surface area contributed by atoms with E-state index in [1.807, 2.05) is 13.8 Å². The summed E-state index contributed by atoms with van der Waals surface area (Å²) in [5.74, 6) is 1.05. The highest BCUT2D eigenvalue weighted by Crippen LogP contribution is 2.24. The average Bonchev–Trinajstić information content (AvgIpc) is 3.19. The summed E-state index contributed by atoms with van der Waals surface area (Å²) in [4.78, 5) is 3.98. The topological polar surface area (TPSA) is 131 Å². The molecule has 0 radical (unpaired) electrons. The fraction of sp³-hybridized carbons (Fsp3) is 0.222. The molecule has 29 heavy (non-hydrogen) atoms. The van der Waals surface area contributed by atoms with Crippen molar-refractivity contribution in [3.63, 3.8) is 0 Å². The van der Waals surface area contributed by atoms with Crippen molar-refractivity contribution < 1.29 is 21.4 Å². The molecule has 0 bridgehead atoms. The molecule has 11 heteroatoms. The van der Waals surface area contributed by atoms with Crippen molar-refractivity contribution in [2.24, 2.45) is 0 Å². The van der Waals surface area contributed by atoms with Crippen LogP contribution in [0.3, 0.4) is 0 Å². The van der Waals surface area contributed by atoms with Crippen molar-refractivity contribution in [1.82, 2.24) is 14.9 Å². The van der Waals surface area contributed by atoms with Crippen LogP contribution in [0.4, 0.5) is 5.69 Å². The Morgan fingerprint density at radius 3 is 2.10 bits per heavy atom. The minimum atomic E-state index is -3.98. The summed E-state index contributed by atoms with van der Waals surface area (Å²) in [6.07, 6.45) is 0. The second kappa shape index (κ2) is 7.93. The molecule has 2 aromatic carbocycles. The normalized spacial score (nSPS) is 12.3. The van der Waals surface area contributed by atoms with Gasteiger partial charge in [-0.15, -0.1) is 0 Å². The van der Waals surface area contributed by atoms with E-state index in [0.717, 1.165) is 6.07 Å². The largest absolute Gasteiger partial charge is 0.334 e. The molecule has 154 valence electrons. The molecule has 1 aromatic heterocycles. The van der Waals surface area contributed by atoms with Crippen molar-refractivity contribution in [2.45, 2.75) is 29.6 Å². The van der Waals surface area contributed by atoms with Gasteiger partial charge in [0.25, 0.3) is 15.9 Å². The number of nitrogens with one attached hydrogen (secondary N) is 2. The summed E-state index contributed by atoms with van der Waals surface area (Å²) in [5, 5.41) is 3.90. The van der Waals surface area contributed by atoms with Crippen LogP contribution in [0.15, 0.2) is 62.8 Å². The standard InChI is InChI=1S/C18H20N4O5S2/c1-12(2)17-20-18(27-21-17)13-7-9-14(10-8-13)22-29(25,26)16-6-4-5-15(11-16)28(23,24)19-3/h4-12,19,22H,1-3H3. The monoisotopic (exact) mass is 436 g/mol. The molecule has 9 nitrogen and oxygen atoms in total. The summed E-state index contributed by atoms with van der Waals surface area (Å²) < 4.78 is 58.9. The molecule has 3 aromatic rings. The lowest BCUT2D eigenvalue weighted by Crippen LogP contribution is -2.19. The number of nitrogens with zero attached hydrogens (tertiary/aromatic N) is 2. The van der Waals surface area contributed by atoms with Crippen molar-refractivity contribution in [3.05, 3.63) is 54.4 Å². The first kappa shape index (κ1) is 21.0. The summed E-state index contributed by atoms with van der Waals surface area (Å²) in [5.41, 5.74) is 0.952. The summed E-state index contributed by atoms with van der Waals surface area (Å²) in [7, 11) is -6.49. The van der Waals surface area contributed by atoms with Gasteiger partial charge in [0.2, 0.25) is 10.0 Å². The molecule has 0 unspecified atom stereocenters. The van der Waals surface area contributed by atoms with Gasteiger partial charge in [0, 0.05) is 17.2 Å². The van der Waals surface area contributed by atoms with Crippen molar-refractivity contribution in [1.29, 1.82) is 0 Å². The van der Waals surface area contributed by atoms with Crippen molar-refractivity contribution in [3.8, 4) is 11.5 Å². The van der Waals surface area contributed by atoms with Crippen molar-refractivity contribution in [2.75, 3.05) is 11.8 Å². The van der Waals surface area contributed by atoms with Crippen LogP contribution in [0.1, 0.15) is 25.6 Å². The van der Waals surface area contributed by atoms with Crippen LogP contribution in [0.25, 0.3) is 11.5 Å². The first-order valence-electron chi connectivity index (χ1n) is 8.63. The van der Waals surface area contributed by atoms with E-state index in [9.17, 15) is 16.8 Å². The van der Waals surface area contributed by atoms with Gasteiger partial charge in [-0.3, -0.25) is 4.72 Å². The predicted molar refractivity (Wildman–Crippen MR) is 107 cm³/mol. The van der Waals surface area contributed by atoms with E-state index < -0.39 is 20.0 Å². The minimum Gasteiger partial charge on any atom is -0.334 e. The van der Waals surface area contributed by atoms with Gasteiger partial charge in [-0.25, -0.2) is 21.6 Å². The van der Waals surface area contributed by atoms with Crippen LogP contribution in [-0.2, 0) is 20.0 Å². The highest BCUT2D eigenvalue weighted by molar-refractivity contribution is 7.93. The van der Waals surface area contributed by atoms with E-state index in [0.29, 0.717) is 23.0 Å². The molecular weight excluding hydrogens is 416 g/mol. The van der Waals surface area contributed by atoms with Crippen molar-refractivity contribution >= 4 is 25.7 Å². The average molecular weight is 437 g/mol. The first-order chi connectivity index (χ1) is 13.6. The summed E-state index contributed by atoms with van der Waals surface area (Å²) in [6.45, 7) is 3.90. The molecular formula is C18H20N4O5S2. The zero-order valence-electron chi connectivity index (χ0n) is 15.9. The molecule has 0 saturated carbocycles. The molecule has 0 aliphatic rings. The zero-order chi connectivity index (χ0) is 21.2. The molecule has 3 rings (SSSR count). The Labute approximate surface area is 169 Å². The van der Waals surface area contributed by atoms with E-state index in [4.69, 9.17) is 4.52 Å². The zero-order valence-corrected chi connectivity index (χ0v) is 17.6. The van der Waals surface area contributed by atoms with E-state index in [-0.39, 0.29) is 15.7 Å². The molecule has 0 amide bonds. The maximum absolute atomic E-state index is 12.6. The Bertz CT molecular complexity index is 1220. The minimum absolute atomic E-state index is 0.126. The molecule has 0 fully saturated rings. The van der Waals surface area contributed by atoms with Crippen LogP contribution in [0, 0.1) is 0 Å². The highest BCUT2D eigenvalue weighted by atomic mass is 32.2. The number of hydrogen-bond donors (Lipinski definition) is 2. The van der Waals surface area contributed by atoms with Crippen LogP contribution < -0.4 is 9.44 Å². The summed E-state index contributed by atoms with van der Waals surface area (Å²) >= 11 is 0. The van der Waals surface area contributed by atoms with Crippen LogP contribution in [0.2, 0.25) is 0 Å². The maximum Gasteiger partial charge on any atom is 0.261 e. The molecule has 0 saturated heterocycles. The molecule has 0 aliphatic heterocycles. The van der Waals surface area contributed by atoms with E-state index in [2.05, 4.69) is 19.6 Å². The Balaban J connectivity index is 1.83. The lowest BCUT2D eigenvalue weighted by Gasteiger charge is -2.10. The fourth-order valence-electron chi connectivity index (χ4n) is 2.41. The molecule has 0 spiro atoms. The van der Waals surface area contributed by atoms with Gasteiger partial charge in [-0.2, -0.15) is 4.98 Å². The maximum atomic E-state index is 12.6. The summed E-state index contributed by atoms with van der Waals surface area (Å²) in [6, 6.07) is 11.5. The van der Waals surface area contributed by atoms with E-state index in [1.165, 1.54) is 25.2 Å². The third-order valence-electron chi connectivity index (χ3n) is 4.04. The first-order valence-corrected chi connectivity index (χ1v) is 11.6. The number of sulfonamides is 2. The van der Waals surface area contributed by atoms with Gasteiger partial charge in [0.05, 0.1) is 9.79 Å². The Morgan fingerprint density at radius 2 is 1.55 bits per heavy atom. The Morgan fingerprint density at radius 1 is 0.931 bits per heavy atom. The molecule has 0 atom stereocenters. The number of anilines is 1. The van der Waals surface area contributed by atoms with E-state index >= 15 is 0 Å². The smallest absolute Gasteiger partial charge is 0.261 e. The predicted octanol–water partition coefficient (Wildman–Crippen LogP) is 2.57. The van der Waals surface area contributed by atoms with Gasteiger partial charge in [-0.05, 0) is 49.5 Å². The fourth-order valence-corrected chi connectivity index (χ4v) is 4.36. The molecule has 0 aliphatic carbocycles. The Hall–Kier alpha value is -2.76. The SMILES string of the molecule is CNS(=O)(=O)c1cccc(S(=O)(=O)Nc2ccc(-c3nc(C(C)C)no3)cc2)c1. The van der Waals surface area contributed by atoms with Crippen LogP contribution in [0.5, 0.6) is 0 Å². The third-order valence-corrected chi connectivity index (χ3v) is 6.83. The number of rotatable bonds is 7. The van der Waals surface area contributed by atoms with Gasteiger partial charge in [-0.1, -0.05) is 25.1 Å². The highest BCUT2D eigenvalue weighted by Gasteiger charge is 2.19. The third kappa shape index (κ3) is 4.63. The quantitative estimate of drug-likeness (QED) is 0.582. The second-order valence-corrected chi connectivity index (χ2v) is 10.0. The Kier molecular flexibility index (Phi) is 5.73. The van der Waals surface area contributed by atoms with Gasteiger partial charge in [0.1, 0.15) is 0 Å². The van der Waals surface area contributed by atoms with Crippen LogP contribution in [-0.4, -0.2) is 34.0 Å². The van der Waals surface area contributed by atoms with Gasteiger partial charge < -0.3 is 4.52 Å². The number of aromatic nitrogens is 2. The molecule has 1 heterocycles. The lowest BCUT2D eigenvalue weighted by atomic mass is 10.2. The second-order valence-electron chi connectivity index (χ2n) is 6.48. The molecule has 2 N–H and O–H groups in total. The number of hydrogen-bond acceptors (Lipinski definition) is 7. The van der Waals surface area contributed by atoms with Gasteiger partial charge in [0.15, 0.2) is 5.82 Å².